The van der Waals surface area contributed by atoms with Gasteiger partial charge in [0.15, 0.2) is 5.16 Å². The topological polar surface area (TPSA) is 67.4 Å². The molecule has 2 heterocycles. The Morgan fingerprint density at radius 2 is 2.04 bits per heavy atom. The summed E-state index contributed by atoms with van der Waals surface area (Å²) < 4.78 is 5.35. The van der Waals surface area contributed by atoms with Crippen LogP contribution in [-0.2, 0) is 4.74 Å². The summed E-state index contributed by atoms with van der Waals surface area (Å²) in [4.78, 5) is 23.8. The number of rotatable bonds is 7. The Labute approximate surface area is 158 Å². The molecule has 3 rings (SSSR count). The van der Waals surface area contributed by atoms with Crippen LogP contribution in [0.15, 0.2) is 41.7 Å². The van der Waals surface area contributed by atoms with Crippen LogP contribution in [0.5, 0.6) is 0 Å². The zero-order valence-electron chi connectivity index (χ0n) is 15.0. The van der Waals surface area contributed by atoms with Crippen LogP contribution in [0.25, 0.3) is 11.3 Å². The van der Waals surface area contributed by atoms with Gasteiger partial charge >= 0.3 is 0 Å². The van der Waals surface area contributed by atoms with Crippen molar-refractivity contribution in [1.82, 2.24) is 20.2 Å². The number of hydrogen-bond donors (Lipinski definition) is 1. The molecule has 0 atom stereocenters. The average Bonchev–Trinajstić information content (AvgIpc) is 2.72. The third kappa shape index (κ3) is 5.03. The SMILES string of the molecule is CSc1ncc(C(=O)NCCCN2CCOCC2)c(-c2ccccc2)n1. The lowest BCUT2D eigenvalue weighted by molar-refractivity contribution is 0.0374. The standard InChI is InChI=1S/C19H24N4O2S/c1-26-19-21-14-16(17(22-19)15-6-3-2-4-7-15)18(24)20-8-5-9-23-10-12-25-13-11-23/h2-4,6-7,14H,5,8-13H2,1H3,(H,20,24). The van der Waals surface area contributed by atoms with Crippen LogP contribution in [0.3, 0.4) is 0 Å². The quantitative estimate of drug-likeness (QED) is 0.457. The van der Waals surface area contributed by atoms with Gasteiger partial charge in [-0.2, -0.15) is 0 Å². The van der Waals surface area contributed by atoms with Gasteiger partial charge in [-0.1, -0.05) is 42.1 Å². The van der Waals surface area contributed by atoms with E-state index in [9.17, 15) is 4.79 Å². The van der Waals surface area contributed by atoms with E-state index in [-0.39, 0.29) is 5.91 Å². The van der Waals surface area contributed by atoms with Gasteiger partial charge in [0.05, 0.1) is 24.5 Å². The zero-order chi connectivity index (χ0) is 18.2. The molecule has 1 amide bonds. The van der Waals surface area contributed by atoms with Crippen molar-refractivity contribution in [2.24, 2.45) is 0 Å². The number of nitrogens with one attached hydrogen (secondary N) is 1. The van der Waals surface area contributed by atoms with Crippen molar-refractivity contribution in [2.45, 2.75) is 11.6 Å². The predicted octanol–water partition coefficient (Wildman–Crippen LogP) is 2.32. The first-order valence-electron chi connectivity index (χ1n) is 8.82. The third-order valence-electron chi connectivity index (χ3n) is 4.28. The zero-order valence-corrected chi connectivity index (χ0v) is 15.8. The number of nitrogens with zero attached hydrogens (tertiary/aromatic N) is 3. The van der Waals surface area contributed by atoms with Gasteiger partial charge in [-0.3, -0.25) is 9.69 Å². The molecule has 26 heavy (non-hydrogen) atoms. The summed E-state index contributed by atoms with van der Waals surface area (Å²) in [5, 5.41) is 3.66. The molecular formula is C19H24N4O2S. The fourth-order valence-electron chi connectivity index (χ4n) is 2.87. The molecule has 0 bridgehead atoms. The Hall–Kier alpha value is -1.96. The smallest absolute Gasteiger partial charge is 0.255 e. The largest absolute Gasteiger partial charge is 0.379 e. The Morgan fingerprint density at radius 1 is 1.27 bits per heavy atom. The van der Waals surface area contributed by atoms with Gasteiger partial charge in [0.25, 0.3) is 5.91 Å². The molecule has 1 saturated heterocycles. The number of carbonyl (C=O) groups excluding carboxylic acids is 1. The second-order valence-electron chi connectivity index (χ2n) is 6.05. The first-order chi connectivity index (χ1) is 12.8. The molecule has 6 nitrogen and oxygen atoms in total. The van der Waals surface area contributed by atoms with E-state index in [1.165, 1.54) is 11.8 Å². The van der Waals surface area contributed by atoms with E-state index in [4.69, 9.17) is 4.74 Å². The maximum absolute atomic E-state index is 12.7. The lowest BCUT2D eigenvalue weighted by Crippen LogP contribution is -2.38. The lowest BCUT2D eigenvalue weighted by Gasteiger charge is -2.26. The van der Waals surface area contributed by atoms with Crippen LogP contribution < -0.4 is 5.32 Å². The molecule has 0 spiro atoms. The monoisotopic (exact) mass is 372 g/mol. The van der Waals surface area contributed by atoms with Crippen LogP contribution in [-0.4, -0.2) is 66.4 Å². The van der Waals surface area contributed by atoms with Crippen LogP contribution in [0.2, 0.25) is 0 Å². The summed E-state index contributed by atoms with van der Waals surface area (Å²) >= 11 is 1.47. The number of hydrogen-bond acceptors (Lipinski definition) is 6. The molecule has 0 saturated carbocycles. The maximum Gasteiger partial charge on any atom is 0.255 e. The molecule has 1 aromatic heterocycles. The lowest BCUT2D eigenvalue weighted by atomic mass is 10.1. The van der Waals surface area contributed by atoms with Crippen LogP contribution >= 0.6 is 11.8 Å². The van der Waals surface area contributed by atoms with Gasteiger partial charge in [0.2, 0.25) is 0 Å². The molecule has 0 aliphatic carbocycles. The molecule has 7 heteroatoms. The predicted molar refractivity (Wildman–Crippen MR) is 103 cm³/mol. The maximum atomic E-state index is 12.7. The van der Waals surface area contributed by atoms with E-state index in [1.807, 2.05) is 36.6 Å². The molecule has 1 fully saturated rings. The summed E-state index contributed by atoms with van der Waals surface area (Å²) in [5.41, 5.74) is 2.11. The first kappa shape index (κ1) is 18.8. The first-order valence-corrected chi connectivity index (χ1v) is 10.0. The highest BCUT2D eigenvalue weighted by atomic mass is 32.2. The number of ether oxygens (including phenoxy) is 1. The molecule has 0 radical (unpaired) electrons. The molecule has 138 valence electrons. The molecule has 1 aliphatic heterocycles. The molecule has 2 aromatic rings. The number of carbonyl (C=O) groups is 1. The van der Waals surface area contributed by atoms with Crippen molar-refractivity contribution in [1.29, 1.82) is 0 Å². The van der Waals surface area contributed by atoms with Crippen LogP contribution in [0, 0.1) is 0 Å². The third-order valence-corrected chi connectivity index (χ3v) is 4.84. The fraction of sp³-hybridized carbons (Fsp3) is 0.421. The van der Waals surface area contributed by atoms with Crippen molar-refractivity contribution >= 4 is 17.7 Å². The summed E-state index contributed by atoms with van der Waals surface area (Å²) in [7, 11) is 0. The number of thioether (sulfide) groups is 1. The number of amides is 1. The second kappa shape index (κ2) is 9.66. The highest BCUT2D eigenvalue weighted by Gasteiger charge is 2.16. The minimum Gasteiger partial charge on any atom is -0.379 e. The highest BCUT2D eigenvalue weighted by molar-refractivity contribution is 7.98. The van der Waals surface area contributed by atoms with E-state index in [0.29, 0.717) is 23.0 Å². The highest BCUT2D eigenvalue weighted by Crippen LogP contribution is 2.23. The van der Waals surface area contributed by atoms with E-state index in [2.05, 4.69) is 20.2 Å². The summed E-state index contributed by atoms with van der Waals surface area (Å²) in [6.07, 6.45) is 4.46. The van der Waals surface area contributed by atoms with E-state index < -0.39 is 0 Å². The van der Waals surface area contributed by atoms with Gasteiger partial charge in [-0.05, 0) is 19.2 Å². The second-order valence-corrected chi connectivity index (χ2v) is 6.82. The molecule has 1 aromatic carbocycles. The molecule has 1 N–H and O–H groups in total. The van der Waals surface area contributed by atoms with Crippen molar-refractivity contribution in [3.8, 4) is 11.3 Å². The summed E-state index contributed by atoms with van der Waals surface area (Å²) in [5.74, 6) is -0.126. The van der Waals surface area contributed by atoms with Gasteiger partial charge in [0.1, 0.15) is 0 Å². The van der Waals surface area contributed by atoms with E-state index >= 15 is 0 Å². The van der Waals surface area contributed by atoms with Crippen molar-refractivity contribution in [2.75, 3.05) is 45.6 Å². The minimum atomic E-state index is -0.126. The Balaban J connectivity index is 1.63. The van der Waals surface area contributed by atoms with E-state index in [1.54, 1.807) is 6.20 Å². The van der Waals surface area contributed by atoms with Gasteiger partial charge in [-0.15, -0.1) is 0 Å². The van der Waals surface area contributed by atoms with Gasteiger partial charge in [0, 0.05) is 31.4 Å². The van der Waals surface area contributed by atoms with Gasteiger partial charge in [-0.25, -0.2) is 9.97 Å². The van der Waals surface area contributed by atoms with Crippen molar-refractivity contribution < 1.29 is 9.53 Å². The van der Waals surface area contributed by atoms with Crippen molar-refractivity contribution in [3.05, 3.63) is 42.1 Å². The Kier molecular flexibility index (Phi) is 6.99. The normalized spacial score (nSPS) is 15.0. The summed E-state index contributed by atoms with van der Waals surface area (Å²) in [6.45, 7) is 5.13. The van der Waals surface area contributed by atoms with Crippen molar-refractivity contribution in [3.63, 3.8) is 0 Å². The Bertz CT molecular complexity index is 721. The molecular weight excluding hydrogens is 348 g/mol. The minimum absolute atomic E-state index is 0.126. The molecule has 0 unspecified atom stereocenters. The number of aromatic nitrogens is 2. The number of benzene rings is 1. The van der Waals surface area contributed by atoms with E-state index in [0.717, 1.165) is 44.8 Å². The number of morpholine rings is 1. The average molecular weight is 372 g/mol. The Morgan fingerprint density at radius 3 is 2.77 bits per heavy atom. The van der Waals surface area contributed by atoms with Crippen LogP contribution in [0.4, 0.5) is 0 Å². The summed E-state index contributed by atoms with van der Waals surface area (Å²) in [6, 6.07) is 9.76. The molecule has 1 aliphatic rings. The fourth-order valence-corrected chi connectivity index (χ4v) is 3.21. The van der Waals surface area contributed by atoms with Gasteiger partial charge < -0.3 is 10.1 Å². The van der Waals surface area contributed by atoms with Crippen LogP contribution in [0.1, 0.15) is 16.8 Å².